The van der Waals surface area contributed by atoms with Crippen molar-refractivity contribution >= 4 is 27.8 Å². The fourth-order valence-electron chi connectivity index (χ4n) is 1.80. The van der Waals surface area contributed by atoms with Gasteiger partial charge in [-0.15, -0.1) is 0 Å². The molecule has 6 heteroatoms. The standard InChI is InChI=1S/C13H14BrNO4/c1-18-12(17)13(7-19-8-13)11(16)15-6-9-2-4-10(14)5-3-9/h2-5H,6-8H2,1H3,(H,15,16). The smallest absolute Gasteiger partial charge is 0.326 e. The number of amides is 1. The minimum absolute atomic E-state index is 0.0752. The van der Waals surface area contributed by atoms with E-state index in [-0.39, 0.29) is 19.1 Å². The zero-order chi connectivity index (χ0) is 13.9. The second-order valence-electron chi connectivity index (χ2n) is 4.38. The SMILES string of the molecule is COC(=O)C1(C(=O)NCc2ccc(Br)cc2)COC1. The van der Waals surface area contributed by atoms with Gasteiger partial charge in [0.05, 0.1) is 20.3 Å². The molecule has 0 aliphatic carbocycles. The maximum Gasteiger partial charge on any atom is 0.326 e. The van der Waals surface area contributed by atoms with E-state index in [0.717, 1.165) is 10.0 Å². The van der Waals surface area contributed by atoms with Gasteiger partial charge in [-0.2, -0.15) is 0 Å². The Labute approximate surface area is 119 Å². The van der Waals surface area contributed by atoms with Gasteiger partial charge in [-0.05, 0) is 17.7 Å². The predicted molar refractivity (Wildman–Crippen MR) is 71.3 cm³/mol. The third kappa shape index (κ3) is 2.79. The maximum atomic E-state index is 12.1. The number of carbonyl (C=O) groups is 2. The van der Waals surface area contributed by atoms with Gasteiger partial charge in [-0.1, -0.05) is 28.1 Å². The molecular weight excluding hydrogens is 314 g/mol. The topological polar surface area (TPSA) is 64.6 Å². The van der Waals surface area contributed by atoms with Crippen LogP contribution in [0.15, 0.2) is 28.7 Å². The average molecular weight is 328 g/mol. The van der Waals surface area contributed by atoms with Crippen LogP contribution in [0.4, 0.5) is 0 Å². The summed E-state index contributed by atoms with van der Waals surface area (Å²) in [5.41, 5.74) is -0.221. The molecule has 1 aromatic carbocycles. The second kappa shape index (κ2) is 5.71. The molecule has 5 nitrogen and oxygen atoms in total. The van der Waals surface area contributed by atoms with E-state index < -0.39 is 11.4 Å². The summed E-state index contributed by atoms with van der Waals surface area (Å²) in [5.74, 6) is -0.902. The lowest BCUT2D eigenvalue weighted by molar-refractivity contribution is -0.188. The molecule has 0 unspecified atom stereocenters. The maximum absolute atomic E-state index is 12.1. The van der Waals surface area contributed by atoms with Crippen molar-refractivity contribution in [3.63, 3.8) is 0 Å². The van der Waals surface area contributed by atoms with Gasteiger partial charge < -0.3 is 14.8 Å². The lowest BCUT2D eigenvalue weighted by atomic mass is 9.85. The lowest BCUT2D eigenvalue weighted by Crippen LogP contribution is -2.59. The molecule has 1 N–H and O–H groups in total. The van der Waals surface area contributed by atoms with Crippen LogP contribution in [-0.4, -0.2) is 32.2 Å². The van der Waals surface area contributed by atoms with Crippen LogP contribution in [0, 0.1) is 5.41 Å². The molecule has 19 heavy (non-hydrogen) atoms. The number of methoxy groups -OCH3 is 1. The van der Waals surface area contributed by atoms with Crippen LogP contribution in [0.25, 0.3) is 0 Å². The molecule has 0 bridgehead atoms. The van der Waals surface area contributed by atoms with Crippen LogP contribution in [-0.2, 0) is 25.6 Å². The number of ether oxygens (including phenoxy) is 2. The number of halogens is 1. The number of carbonyl (C=O) groups excluding carboxylic acids is 2. The summed E-state index contributed by atoms with van der Waals surface area (Å²) in [6.07, 6.45) is 0. The van der Waals surface area contributed by atoms with Gasteiger partial charge in [0.15, 0.2) is 5.41 Å². The minimum Gasteiger partial charge on any atom is -0.468 e. The molecule has 1 amide bonds. The number of esters is 1. The fourth-order valence-corrected chi connectivity index (χ4v) is 2.06. The molecule has 1 heterocycles. The first kappa shape index (κ1) is 14.0. The predicted octanol–water partition coefficient (Wildman–Crippen LogP) is 1.25. The highest BCUT2D eigenvalue weighted by atomic mass is 79.9. The molecule has 2 rings (SSSR count). The summed E-state index contributed by atoms with van der Waals surface area (Å²) in [4.78, 5) is 23.7. The number of benzene rings is 1. The van der Waals surface area contributed by atoms with E-state index in [0.29, 0.717) is 6.54 Å². The van der Waals surface area contributed by atoms with Gasteiger partial charge in [0.1, 0.15) is 0 Å². The largest absolute Gasteiger partial charge is 0.468 e. The first-order valence-electron chi connectivity index (χ1n) is 5.77. The van der Waals surface area contributed by atoms with E-state index in [1.54, 1.807) is 0 Å². The van der Waals surface area contributed by atoms with Gasteiger partial charge in [0.2, 0.25) is 5.91 Å². The average Bonchev–Trinajstić information content (AvgIpc) is 2.36. The summed E-state index contributed by atoms with van der Waals surface area (Å²) in [7, 11) is 1.27. The molecule has 1 saturated heterocycles. The van der Waals surface area contributed by atoms with Crippen LogP contribution in [0.2, 0.25) is 0 Å². The van der Waals surface area contributed by atoms with Crippen molar-refractivity contribution in [2.24, 2.45) is 5.41 Å². The molecule has 0 aromatic heterocycles. The van der Waals surface area contributed by atoms with Gasteiger partial charge in [-0.3, -0.25) is 9.59 Å². The van der Waals surface area contributed by atoms with Crippen LogP contribution < -0.4 is 5.32 Å². The van der Waals surface area contributed by atoms with E-state index in [1.807, 2.05) is 24.3 Å². The van der Waals surface area contributed by atoms with Gasteiger partial charge in [0, 0.05) is 11.0 Å². The van der Waals surface area contributed by atoms with Gasteiger partial charge in [-0.25, -0.2) is 0 Å². The third-order valence-electron chi connectivity index (χ3n) is 3.07. The second-order valence-corrected chi connectivity index (χ2v) is 5.29. The van der Waals surface area contributed by atoms with Gasteiger partial charge >= 0.3 is 5.97 Å². The molecule has 1 fully saturated rings. The van der Waals surface area contributed by atoms with Crippen molar-refractivity contribution in [3.05, 3.63) is 34.3 Å². The highest BCUT2D eigenvalue weighted by molar-refractivity contribution is 9.10. The Morgan fingerprint density at radius 3 is 2.47 bits per heavy atom. The molecular formula is C13H14BrNO4. The third-order valence-corrected chi connectivity index (χ3v) is 3.60. The van der Waals surface area contributed by atoms with Crippen LogP contribution >= 0.6 is 15.9 Å². The molecule has 0 atom stereocenters. The molecule has 0 spiro atoms. The highest BCUT2D eigenvalue weighted by Crippen LogP contribution is 2.29. The zero-order valence-electron chi connectivity index (χ0n) is 10.4. The normalized spacial score (nSPS) is 16.3. The Hall–Kier alpha value is -1.40. The quantitative estimate of drug-likeness (QED) is 0.667. The summed E-state index contributed by atoms with van der Waals surface area (Å²) < 4.78 is 10.6. The number of nitrogens with one attached hydrogen (secondary N) is 1. The summed E-state index contributed by atoms with van der Waals surface area (Å²) >= 11 is 3.34. The Morgan fingerprint density at radius 1 is 1.37 bits per heavy atom. The number of rotatable bonds is 4. The van der Waals surface area contributed by atoms with E-state index in [2.05, 4.69) is 26.0 Å². The van der Waals surface area contributed by atoms with Crippen molar-refractivity contribution in [1.82, 2.24) is 5.32 Å². The Bertz CT molecular complexity index is 482. The lowest BCUT2D eigenvalue weighted by Gasteiger charge is -2.36. The van der Waals surface area contributed by atoms with Crippen molar-refractivity contribution < 1.29 is 19.1 Å². The van der Waals surface area contributed by atoms with Crippen molar-refractivity contribution in [2.45, 2.75) is 6.54 Å². The zero-order valence-corrected chi connectivity index (χ0v) is 12.0. The van der Waals surface area contributed by atoms with Crippen LogP contribution in [0.5, 0.6) is 0 Å². The molecule has 0 radical (unpaired) electrons. The van der Waals surface area contributed by atoms with E-state index in [4.69, 9.17) is 4.74 Å². The van der Waals surface area contributed by atoms with Crippen LogP contribution in [0.1, 0.15) is 5.56 Å². The Morgan fingerprint density at radius 2 is 2.00 bits per heavy atom. The Kier molecular flexibility index (Phi) is 4.21. The van der Waals surface area contributed by atoms with Crippen LogP contribution in [0.3, 0.4) is 0 Å². The van der Waals surface area contributed by atoms with E-state index in [1.165, 1.54) is 7.11 Å². The minimum atomic E-state index is -1.18. The first-order chi connectivity index (χ1) is 9.08. The Balaban J connectivity index is 1.97. The van der Waals surface area contributed by atoms with Crippen molar-refractivity contribution in [3.8, 4) is 0 Å². The summed E-state index contributed by atoms with van der Waals surface area (Å²) in [6, 6.07) is 7.58. The van der Waals surface area contributed by atoms with Crippen molar-refractivity contribution in [2.75, 3.05) is 20.3 Å². The number of hydrogen-bond donors (Lipinski definition) is 1. The molecule has 0 saturated carbocycles. The molecule has 102 valence electrons. The highest BCUT2D eigenvalue weighted by Gasteiger charge is 2.53. The van der Waals surface area contributed by atoms with Crippen molar-refractivity contribution in [1.29, 1.82) is 0 Å². The van der Waals surface area contributed by atoms with E-state index in [9.17, 15) is 9.59 Å². The van der Waals surface area contributed by atoms with Gasteiger partial charge in [0.25, 0.3) is 0 Å². The molecule has 1 aliphatic heterocycles. The molecule has 1 aliphatic rings. The summed E-state index contributed by atoms with van der Waals surface area (Å²) in [6.45, 7) is 0.516. The monoisotopic (exact) mass is 327 g/mol. The van der Waals surface area contributed by atoms with E-state index >= 15 is 0 Å². The number of hydrogen-bond acceptors (Lipinski definition) is 4. The first-order valence-corrected chi connectivity index (χ1v) is 6.57. The fraction of sp³-hybridized carbons (Fsp3) is 0.385. The summed E-state index contributed by atoms with van der Waals surface area (Å²) in [5, 5.41) is 2.74. The molecule has 1 aromatic rings.